The molecular formula is C28H37N3O8. The monoisotopic (exact) mass is 543 g/mol. The van der Waals surface area contributed by atoms with E-state index in [0.717, 1.165) is 0 Å². The van der Waals surface area contributed by atoms with Crippen LogP contribution in [0.1, 0.15) is 41.6 Å². The van der Waals surface area contributed by atoms with Crippen molar-refractivity contribution >= 4 is 28.4 Å². The number of carbonyl (C=O) groups is 2. The number of carbonyl (C=O) groups excluding carboxylic acids is 2. The molecule has 0 unspecified atom stereocenters. The van der Waals surface area contributed by atoms with E-state index in [0.29, 0.717) is 67.6 Å². The zero-order chi connectivity index (χ0) is 28.3. The number of aromatic amines is 1. The maximum Gasteiger partial charge on any atom is 0.255 e. The van der Waals surface area contributed by atoms with E-state index in [4.69, 9.17) is 23.7 Å². The maximum absolute atomic E-state index is 12.8. The average Bonchev–Trinajstić information content (AvgIpc) is 3.32. The van der Waals surface area contributed by atoms with Gasteiger partial charge in [-0.3, -0.25) is 9.59 Å². The lowest BCUT2D eigenvalue weighted by molar-refractivity contribution is 0.0000838. The van der Waals surface area contributed by atoms with Gasteiger partial charge in [0.2, 0.25) is 0 Å². The zero-order valence-corrected chi connectivity index (χ0v) is 22.9. The summed E-state index contributed by atoms with van der Waals surface area (Å²) in [5, 5.41) is 13.6. The number of phenolic OH excluding ortho intramolecular Hbond substituents is 1. The summed E-state index contributed by atoms with van der Waals surface area (Å²) in [6.45, 7) is 8.88. The van der Waals surface area contributed by atoms with E-state index in [2.05, 4.69) is 15.3 Å². The predicted molar refractivity (Wildman–Crippen MR) is 146 cm³/mol. The largest absolute Gasteiger partial charge is 0.504 e. The Morgan fingerprint density at radius 2 is 1.56 bits per heavy atom. The summed E-state index contributed by atoms with van der Waals surface area (Å²) in [6.07, 6.45) is 1.51. The van der Waals surface area contributed by atoms with Crippen LogP contribution in [0.2, 0.25) is 0 Å². The molecule has 0 fully saturated rings. The lowest BCUT2D eigenvalue weighted by atomic mass is 9.89. The number of pyridine rings is 1. The van der Waals surface area contributed by atoms with Crippen LogP contribution in [-0.2, 0) is 18.9 Å². The molecule has 3 N–H and O–H groups in total. The molecule has 0 spiro atoms. The first-order chi connectivity index (χ1) is 18.7. The summed E-state index contributed by atoms with van der Waals surface area (Å²) < 4.78 is 26.6. The van der Waals surface area contributed by atoms with Gasteiger partial charge >= 0.3 is 0 Å². The number of phenols is 1. The molecule has 3 aromatic rings. The Morgan fingerprint density at radius 3 is 2.21 bits per heavy atom. The SMILES string of the molecule is COCCOCCOCCOCCOc1cc(C(=O)Nc2cnc3[nH]c(C(=O)C(C)(C)C)cc3c2)ccc1O. The van der Waals surface area contributed by atoms with Gasteiger partial charge < -0.3 is 39.1 Å². The van der Waals surface area contributed by atoms with Gasteiger partial charge in [0.25, 0.3) is 5.91 Å². The number of hydrogen-bond acceptors (Lipinski definition) is 9. The predicted octanol–water partition coefficient (Wildman–Crippen LogP) is 3.82. The van der Waals surface area contributed by atoms with Gasteiger partial charge in [-0.15, -0.1) is 0 Å². The Hall–Kier alpha value is -3.51. The molecule has 3 rings (SSSR count). The van der Waals surface area contributed by atoms with Gasteiger partial charge in [0.05, 0.1) is 63.8 Å². The van der Waals surface area contributed by atoms with E-state index in [9.17, 15) is 14.7 Å². The second-order valence-electron chi connectivity index (χ2n) is 9.74. The number of benzene rings is 1. The Bertz CT molecular complexity index is 1240. The summed E-state index contributed by atoms with van der Waals surface area (Å²) in [4.78, 5) is 32.8. The van der Waals surface area contributed by atoms with Crippen LogP contribution in [-0.4, -0.2) is 86.7 Å². The maximum atomic E-state index is 12.8. The Morgan fingerprint density at radius 1 is 0.923 bits per heavy atom. The summed E-state index contributed by atoms with van der Waals surface area (Å²) in [5.41, 5.74) is 1.25. The fraction of sp³-hybridized carbons (Fsp3) is 0.464. The van der Waals surface area contributed by atoms with Crippen LogP contribution in [0.3, 0.4) is 0 Å². The minimum Gasteiger partial charge on any atom is -0.504 e. The molecule has 0 bridgehead atoms. The normalized spacial score (nSPS) is 11.6. The molecular weight excluding hydrogens is 506 g/mol. The minimum atomic E-state index is -0.531. The highest BCUT2D eigenvalue weighted by Crippen LogP contribution is 2.28. The zero-order valence-electron chi connectivity index (χ0n) is 22.9. The lowest BCUT2D eigenvalue weighted by Crippen LogP contribution is -2.20. The number of Topliss-reactive ketones (excluding diaryl/α,β-unsaturated/α-hetero) is 1. The van der Waals surface area contributed by atoms with Crippen molar-refractivity contribution in [3.8, 4) is 11.5 Å². The van der Waals surface area contributed by atoms with Gasteiger partial charge in [0.1, 0.15) is 12.3 Å². The van der Waals surface area contributed by atoms with Gasteiger partial charge in [-0.25, -0.2) is 4.98 Å². The molecule has 1 aromatic carbocycles. The smallest absolute Gasteiger partial charge is 0.255 e. The fourth-order valence-corrected chi connectivity index (χ4v) is 3.48. The van der Waals surface area contributed by atoms with Gasteiger partial charge in [-0.05, 0) is 30.3 Å². The quantitative estimate of drug-likeness (QED) is 0.182. The average molecular weight is 544 g/mol. The molecule has 0 saturated heterocycles. The number of nitrogens with zero attached hydrogens (tertiary/aromatic N) is 1. The standard InChI is InChI=1S/C28H37N3O8/c1-28(2,3)25(33)22-16-20-15-21(18-29-26(20)31-22)30-27(34)19-5-6-23(32)24(17-19)39-14-13-38-12-11-37-10-9-36-8-7-35-4/h5-6,15-18,32H,7-14H2,1-4H3,(H,29,31)(H,30,34). The van der Waals surface area contributed by atoms with Crippen molar-refractivity contribution in [2.24, 2.45) is 5.41 Å². The van der Waals surface area contributed by atoms with Crippen LogP contribution in [0.15, 0.2) is 36.5 Å². The van der Waals surface area contributed by atoms with Crippen LogP contribution in [0.5, 0.6) is 11.5 Å². The fourth-order valence-electron chi connectivity index (χ4n) is 3.48. The molecule has 11 nitrogen and oxygen atoms in total. The molecule has 0 saturated carbocycles. The number of ketones is 1. The van der Waals surface area contributed by atoms with Crippen LogP contribution < -0.4 is 10.1 Å². The number of amides is 1. The molecule has 0 aliphatic rings. The summed E-state index contributed by atoms with van der Waals surface area (Å²) >= 11 is 0. The Kier molecular flexibility index (Phi) is 11.2. The van der Waals surface area contributed by atoms with Gasteiger partial charge in [-0.1, -0.05) is 20.8 Å². The first-order valence-corrected chi connectivity index (χ1v) is 12.7. The second kappa shape index (κ2) is 14.6. The molecule has 2 aromatic heterocycles. The van der Waals surface area contributed by atoms with E-state index >= 15 is 0 Å². The molecule has 0 radical (unpaired) electrons. The molecule has 0 aliphatic heterocycles. The number of hydrogen-bond donors (Lipinski definition) is 3. The van der Waals surface area contributed by atoms with E-state index in [-0.39, 0.29) is 30.5 Å². The molecule has 39 heavy (non-hydrogen) atoms. The number of fused-ring (bicyclic) bond motifs is 1. The molecule has 2 heterocycles. The summed E-state index contributed by atoms with van der Waals surface area (Å²) in [5.74, 6) is -0.349. The van der Waals surface area contributed by atoms with Crippen molar-refractivity contribution in [2.75, 3.05) is 65.3 Å². The second-order valence-corrected chi connectivity index (χ2v) is 9.74. The van der Waals surface area contributed by atoms with Crippen LogP contribution in [0, 0.1) is 5.41 Å². The van der Waals surface area contributed by atoms with Crippen molar-refractivity contribution in [3.63, 3.8) is 0 Å². The first kappa shape index (κ1) is 30.0. The van der Waals surface area contributed by atoms with E-state index in [1.807, 2.05) is 20.8 Å². The third kappa shape index (κ3) is 9.32. The number of H-pyrrole nitrogens is 1. The van der Waals surface area contributed by atoms with Gasteiger partial charge in [0, 0.05) is 23.5 Å². The van der Waals surface area contributed by atoms with Crippen LogP contribution >= 0.6 is 0 Å². The van der Waals surface area contributed by atoms with E-state index < -0.39 is 11.3 Å². The van der Waals surface area contributed by atoms with Crippen molar-refractivity contribution in [2.45, 2.75) is 20.8 Å². The van der Waals surface area contributed by atoms with Gasteiger partial charge in [0.15, 0.2) is 17.3 Å². The van der Waals surface area contributed by atoms with E-state index in [1.165, 1.54) is 24.4 Å². The number of rotatable bonds is 16. The highest BCUT2D eigenvalue weighted by molar-refractivity contribution is 6.06. The summed E-state index contributed by atoms with van der Waals surface area (Å²) in [7, 11) is 1.62. The van der Waals surface area contributed by atoms with Crippen LogP contribution in [0.25, 0.3) is 11.0 Å². The third-order valence-corrected chi connectivity index (χ3v) is 5.54. The molecule has 0 atom stereocenters. The highest BCUT2D eigenvalue weighted by Gasteiger charge is 2.24. The Labute approximate surface area is 227 Å². The van der Waals surface area contributed by atoms with Crippen molar-refractivity contribution in [3.05, 3.63) is 47.8 Å². The number of aromatic hydroxyl groups is 1. The van der Waals surface area contributed by atoms with Crippen LogP contribution in [0.4, 0.5) is 5.69 Å². The number of ether oxygens (including phenoxy) is 5. The number of anilines is 1. The number of aromatic nitrogens is 2. The summed E-state index contributed by atoms with van der Waals surface area (Å²) in [6, 6.07) is 7.81. The third-order valence-electron chi connectivity index (χ3n) is 5.54. The first-order valence-electron chi connectivity index (χ1n) is 12.7. The molecule has 1 amide bonds. The minimum absolute atomic E-state index is 0.0269. The highest BCUT2D eigenvalue weighted by atomic mass is 16.6. The molecule has 0 aliphatic carbocycles. The topological polar surface area (TPSA) is 141 Å². The lowest BCUT2D eigenvalue weighted by Gasteiger charge is -2.14. The molecule has 212 valence electrons. The number of nitrogens with one attached hydrogen (secondary N) is 2. The van der Waals surface area contributed by atoms with Gasteiger partial charge in [-0.2, -0.15) is 0 Å². The van der Waals surface area contributed by atoms with E-state index in [1.54, 1.807) is 19.2 Å². The number of methoxy groups -OCH3 is 1. The van der Waals surface area contributed by atoms with Crippen molar-refractivity contribution in [1.82, 2.24) is 9.97 Å². The van der Waals surface area contributed by atoms with Crippen molar-refractivity contribution in [1.29, 1.82) is 0 Å². The molecule has 11 heteroatoms. The Balaban J connectivity index is 1.45. The van der Waals surface area contributed by atoms with Crippen molar-refractivity contribution < 1.29 is 38.4 Å².